The largest absolute Gasteiger partial charge is 0.290 e. The number of hydrogen-bond acceptors (Lipinski definition) is 1. The van der Waals surface area contributed by atoms with Crippen molar-refractivity contribution in [3.8, 4) is 0 Å². The van der Waals surface area contributed by atoms with Crippen molar-refractivity contribution in [2.75, 3.05) is 6.26 Å². The number of ketones is 1. The van der Waals surface area contributed by atoms with Crippen LogP contribution in [0.25, 0.3) is 0 Å². The highest BCUT2D eigenvalue weighted by molar-refractivity contribution is 8.15. The Morgan fingerprint density at radius 2 is 1.71 bits per heavy atom. The second kappa shape index (κ2) is 5.28. The second-order valence-electron chi connectivity index (χ2n) is 4.18. The van der Waals surface area contributed by atoms with Crippen molar-refractivity contribution in [1.82, 2.24) is 0 Å². The molecule has 88 valence electrons. The second-order valence-corrected chi connectivity index (χ2v) is 6.21. The topological polar surface area (TPSA) is 17.1 Å². The van der Waals surface area contributed by atoms with E-state index in [0.717, 1.165) is 5.75 Å². The molecule has 1 aromatic carbocycles. The lowest BCUT2D eigenvalue weighted by Crippen LogP contribution is -2.00. The van der Waals surface area contributed by atoms with Crippen LogP contribution in [0.3, 0.4) is 0 Å². The molecule has 2 heteroatoms. The zero-order valence-corrected chi connectivity index (χ0v) is 11.0. The molecule has 1 atom stereocenters. The van der Waals surface area contributed by atoms with E-state index in [0.29, 0.717) is 0 Å². The van der Waals surface area contributed by atoms with Gasteiger partial charge in [0.2, 0.25) is 0 Å². The molecule has 0 spiro atoms. The molecule has 0 aromatic heterocycles. The molecular weight excluding hydrogens is 228 g/mol. The van der Waals surface area contributed by atoms with E-state index in [1.165, 1.54) is 16.0 Å². The van der Waals surface area contributed by atoms with Crippen molar-refractivity contribution >= 4 is 21.1 Å². The molecule has 0 amide bonds. The lowest BCUT2D eigenvalue weighted by Gasteiger charge is -2.10. The molecule has 1 unspecified atom stereocenters. The summed E-state index contributed by atoms with van der Waals surface area (Å²) < 4.78 is 0. The summed E-state index contributed by atoms with van der Waals surface area (Å²) in [4.78, 5) is 12.3. The van der Waals surface area contributed by atoms with Gasteiger partial charge in [0.1, 0.15) is 0 Å². The SMILES string of the molecule is Cc1ccccc1CS(C)=C1C=CC(=O)C=C1. The molecule has 0 aliphatic heterocycles. The highest BCUT2D eigenvalue weighted by atomic mass is 32.2. The number of benzene rings is 1. The Hall–Kier alpha value is -1.41. The van der Waals surface area contributed by atoms with E-state index >= 15 is 0 Å². The van der Waals surface area contributed by atoms with Crippen LogP contribution in [0.4, 0.5) is 0 Å². The summed E-state index contributed by atoms with van der Waals surface area (Å²) in [6.45, 7) is 2.15. The molecule has 0 saturated heterocycles. The Kier molecular flexibility index (Phi) is 3.75. The van der Waals surface area contributed by atoms with Gasteiger partial charge < -0.3 is 0 Å². The van der Waals surface area contributed by atoms with Gasteiger partial charge in [0, 0.05) is 5.75 Å². The number of rotatable bonds is 2. The lowest BCUT2D eigenvalue weighted by molar-refractivity contribution is -0.110. The summed E-state index contributed by atoms with van der Waals surface area (Å²) in [5.41, 5.74) is 2.73. The van der Waals surface area contributed by atoms with Crippen molar-refractivity contribution in [3.63, 3.8) is 0 Å². The molecule has 0 heterocycles. The normalized spacial score (nSPS) is 16.4. The average molecular weight is 244 g/mol. The zero-order valence-electron chi connectivity index (χ0n) is 10.1. The van der Waals surface area contributed by atoms with E-state index in [2.05, 4.69) is 37.4 Å². The third kappa shape index (κ3) is 3.04. The van der Waals surface area contributed by atoms with E-state index in [1.807, 2.05) is 12.2 Å². The maximum atomic E-state index is 11.1. The van der Waals surface area contributed by atoms with Gasteiger partial charge in [0.25, 0.3) is 0 Å². The molecule has 1 aromatic rings. The molecular formula is C15H16OS. The predicted octanol–water partition coefficient (Wildman–Crippen LogP) is 3.26. The van der Waals surface area contributed by atoms with Gasteiger partial charge in [-0.15, -0.1) is 0 Å². The van der Waals surface area contributed by atoms with Crippen molar-refractivity contribution < 1.29 is 4.79 Å². The van der Waals surface area contributed by atoms with Crippen molar-refractivity contribution in [1.29, 1.82) is 0 Å². The first-order valence-electron chi connectivity index (χ1n) is 5.61. The van der Waals surface area contributed by atoms with E-state index in [-0.39, 0.29) is 16.3 Å². The molecule has 1 aliphatic carbocycles. The van der Waals surface area contributed by atoms with Crippen LogP contribution in [-0.2, 0) is 10.5 Å². The number of carbonyl (C=O) groups is 1. The molecule has 0 N–H and O–H groups in total. The summed E-state index contributed by atoms with van der Waals surface area (Å²) in [6, 6.07) is 8.48. The third-order valence-corrected chi connectivity index (χ3v) is 4.68. The molecule has 1 nitrogen and oxygen atoms in total. The van der Waals surface area contributed by atoms with Gasteiger partial charge in [-0.05, 0) is 53.5 Å². The number of carbonyl (C=O) groups excluding carboxylic acids is 1. The Morgan fingerprint density at radius 3 is 2.35 bits per heavy atom. The summed E-state index contributed by atoms with van der Waals surface area (Å²) in [6.07, 6.45) is 9.42. The predicted molar refractivity (Wildman–Crippen MR) is 76.7 cm³/mol. The van der Waals surface area contributed by atoms with Crippen LogP contribution in [0.1, 0.15) is 11.1 Å². The number of hydrogen-bond donors (Lipinski definition) is 0. The summed E-state index contributed by atoms with van der Waals surface area (Å²) in [7, 11) is 0.158. The first-order chi connectivity index (χ1) is 8.16. The minimum atomic E-state index is 0.0849. The minimum Gasteiger partial charge on any atom is -0.290 e. The van der Waals surface area contributed by atoms with Gasteiger partial charge in [0.15, 0.2) is 5.78 Å². The summed E-state index contributed by atoms with van der Waals surface area (Å²) >= 11 is 0. The molecule has 0 saturated carbocycles. The van der Waals surface area contributed by atoms with Gasteiger partial charge in [-0.25, -0.2) is 0 Å². The summed E-state index contributed by atoms with van der Waals surface area (Å²) in [5.74, 6) is 1.13. The Morgan fingerprint density at radius 1 is 1.06 bits per heavy atom. The van der Waals surface area contributed by atoms with Crippen LogP contribution in [0.5, 0.6) is 0 Å². The van der Waals surface area contributed by atoms with Gasteiger partial charge in [-0.1, -0.05) is 24.3 Å². The highest BCUT2D eigenvalue weighted by Crippen LogP contribution is 2.22. The van der Waals surface area contributed by atoms with Crippen LogP contribution in [0.15, 0.2) is 48.6 Å². The van der Waals surface area contributed by atoms with Crippen LogP contribution in [0, 0.1) is 6.92 Å². The van der Waals surface area contributed by atoms with E-state index in [1.54, 1.807) is 12.2 Å². The van der Waals surface area contributed by atoms with Crippen molar-refractivity contribution in [2.45, 2.75) is 12.7 Å². The van der Waals surface area contributed by atoms with Gasteiger partial charge >= 0.3 is 0 Å². The van der Waals surface area contributed by atoms with Crippen LogP contribution in [-0.4, -0.2) is 16.9 Å². The maximum Gasteiger partial charge on any atom is 0.178 e. The van der Waals surface area contributed by atoms with Gasteiger partial charge in [-0.2, -0.15) is 10.5 Å². The smallest absolute Gasteiger partial charge is 0.178 e. The molecule has 0 fully saturated rings. The Labute approximate surface area is 105 Å². The number of allylic oxidation sites excluding steroid dienone is 4. The summed E-state index contributed by atoms with van der Waals surface area (Å²) in [5, 5.41) is 0. The fourth-order valence-electron chi connectivity index (χ4n) is 1.76. The third-order valence-electron chi connectivity index (χ3n) is 2.86. The van der Waals surface area contributed by atoms with Crippen LogP contribution < -0.4 is 0 Å². The number of aryl methyl sites for hydroxylation is 1. The lowest BCUT2D eigenvalue weighted by atomic mass is 10.1. The molecule has 0 radical (unpaired) electrons. The first-order valence-corrected chi connectivity index (χ1v) is 7.41. The monoisotopic (exact) mass is 244 g/mol. The molecule has 0 bridgehead atoms. The fourth-order valence-corrected chi connectivity index (χ4v) is 3.32. The van der Waals surface area contributed by atoms with Crippen LogP contribution >= 0.6 is 10.5 Å². The first kappa shape index (κ1) is 12.1. The van der Waals surface area contributed by atoms with Gasteiger partial charge in [-0.3, -0.25) is 4.79 Å². The zero-order chi connectivity index (χ0) is 12.3. The Balaban J connectivity index is 2.23. The van der Waals surface area contributed by atoms with E-state index < -0.39 is 0 Å². The highest BCUT2D eigenvalue weighted by Gasteiger charge is 2.03. The molecule has 17 heavy (non-hydrogen) atoms. The molecule has 1 aliphatic rings. The van der Waals surface area contributed by atoms with Crippen LogP contribution in [0.2, 0.25) is 0 Å². The minimum absolute atomic E-state index is 0.0849. The standard InChI is InChI=1S/C15H16OS/c1-12-5-3-4-6-13(12)11-17(2)15-9-7-14(16)8-10-15/h3-10H,11H2,1-2H3. The quantitative estimate of drug-likeness (QED) is 0.730. The van der Waals surface area contributed by atoms with Crippen molar-refractivity contribution in [2.24, 2.45) is 0 Å². The van der Waals surface area contributed by atoms with Gasteiger partial charge in [0.05, 0.1) is 0 Å². The van der Waals surface area contributed by atoms with E-state index in [9.17, 15) is 4.79 Å². The molecule has 2 rings (SSSR count). The van der Waals surface area contributed by atoms with Crippen molar-refractivity contribution in [3.05, 3.63) is 59.7 Å². The Bertz CT molecular complexity index is 518. The fraction of sp³-hybridized carbons (Fsp3) is 0.200. The average Bonchev–Trinajstić information content (AvgIpc) is 2.33. The van der Waals surface area contributed by atoms with E-state index in [4.69, 9.17) is 0 Å². The maximum absolute atomic E-state index is 11.1.